The van der Waals surface area contributed by atoms with Crippen molar-refractivity contribution in [3.05, 3.63) is 46.5 Å². The summed E-state index contributed by atoms with van der Waals surface area (Å²) in [6, 6.07) is 6.98. The zero-order valence-corrected chi connectivity index (χ0v) is 8.66. The smallest absolute Gasteiger partial charge is 0.192 e. The SMILES string of the molecule is O=C1C2=C(COCC2)C(=O)c2ccccc21. The summed E-state index contributed by atoms with van der Waals surface area (Å²) in [5, 5.41) is 0. The van der Waals surface area contributed by atoms with Crippen LogP contribution in [0.15, 0.2) is 35.4 Å². The average Bonchev–Trinajstić information content (AvgIpc) is 2.36. The quantitative estimate of drug-likeness (QED) is 0.661. The molecule has 3 nitrogen and oxygen atoms in total. The summed E-state index contributed by atoms with van der Waals surface area (Å²) < 4.78 is 5.24. The molecule has 0 N–H and O–H groups in total. The number of hydrogen-bond acceptors (Lipinski definition) is 3. The highest BCUT2D eigenvalue weighted by Gasteiger charge is 2.33. The van der Waals surface area contributed by atoms with Gasteiger partial charge in [0.2, 0.25) is 0 Å². The standard InChI is InChI=1S/C13H10O3/c14-12-8-3-1-2-4-9(8)13(15)11-7-16-6-5-10(11)12/h1-4H,5-7H2. The third-order valence-electron chi connectivity index (χ3n) is 3.07. The molecule has 1 aromatic carbocycles. The maximum absolute atomic E-state index is 12.1. The number of Topliss-reactive ketones (excluding diaryl/α,β-unsaturated/α-hetero) is 2. The highest BCUT2D eigenvalue weighted by Crippen LogP contribution is 2.30. The molecule has 16 heavy (non-hydrogen) atoms. The molecule has 1 aromatic rings. The number of benzene rings is 1. The number of rotatable bonds is 0. The molecule has 0 spiro atoms. The number of fused-ring (bicyclic) bond motifs is 1. The molecule has 1 heterocycles. The van der Waals surface area contributed by atoms with Gasteiger partial charge in [0.05, 0.1) is 13.2 Å². The molecular weight excluding hydrogens is 204 g/mol. The Bertz CT molecular complexity index is 479. The third kappa shape index (κ3) is 1.18. The summed E-state index contributed by atoms with van der Waals surface area (Å²) in [6.45, 7) is 0.800. The van der Waals surface area contributed by atoms with E-state index < -0.39 is 0 Å². The molecule has 1 aliphatic carbocycles. The van der Waals surface area contributed by atoms with Crippen LogP contribution in [-0.4, -0.2) is 24.8 Å². The number of carbonyl (C=O) groups excluding carboxylic acids is 2. The summed E-state index contributed by atoms with van der Waals surface area (Å²) in [7, 11) is 0. The first kappa shape index (κ1) is 9.48. The van der Waals surface area contributed by atoms with Gasteiger partial charge < -0.3 is 4.74 Å². The topological polar surface area (TPSA) is 43.4 Å². The van der Waals surface area contributed by atoms with Gasteiger partial charge in [0.25, 0.3) is 0 Å². The Hall–Kier alpha value is -1.74. The minimum atomic E-state index is -0.0510. The maximum atomic E-state index is 12.1. The first-order valence-corrected chi connectivity index (χ1v) is 5.27. The molecule has 0 aromatic heterocycles. The highest BCUT2D eigenvalue weighted by molar-refractivity contribution is 6.27. The monoisotopic (exact) mass is 214 g/mol. The van der Waals surface area contributed by atoms with Crippen molar-refractivity contribution in [2.45, 2.75) is 6.42 Å². The zero-order valence-electron chi connectivity index (χ0n) is 8.66. The van der Waals surface area contributed by atoms with Crippen LogP contribution in [0.1, 0.15) is 27.1 Å². The Labute approximate surface area is 92.7 Å². The van der Waals surface area contributed by atoms with Crippen molar-refractivity contribution < 1.29 is 14.3 Å². The summed E-state index contributed by atoms with van der Waals surface area (Å²) in [6.07, 6.45) is 0.550. The van der Waals surface area contributed by atoms with E-state index in [-0.39, 0.29) is 18.2 Å². The van der Waals surface area contributed by atoms with Gasteiger partial charge in [0, 0.05) is 28.7 Å². The Morgan fingerprint density at radius 3 is 2.25 bits per heavy atom. The van der Waals surface area contributed by atoms with E-state index in [1.54, 1.807) is 24.3 Å². The van der Waals surface area contributed by atoms with Gasteiger partial charge in [0.1, 0.15) is 0 Å². The van der Waals surface area contributed by atoms with E-state index in [2.05, 4.69) is 0 Å². The molecule has 0 radical (unpaired) electrons. The molecular formula is C13H10O3. The van der Waals surface area contributed by atoms with E-state index in [0.717, 1.165) is 0 Å². The van der Waals surface area contributed by atoms with Gasteiger partial charge >= 0.3 is 0 Å². The Morgan fingerprint density at radius 2 is 1.56 bits per heavy atom. The molecule has 2 aliphatic rings. The van der Waals surface area contributed by atoms with Crippen LogP contribution < -0.4 is 0 Å². The fourth-order valence-corrected chi connectivity index (χ4v) is 2.24. The van der Waals surface area contributed by atoms with Gasteiger partial charge in [-0.15, -0.1) is 0 Å². The second-order valence-electron chi connectivity index (χ2n) is 3.96. The van der Waals surface area contributed by atoms with Crippen LogP contribution in [0.2, 0.25) is 0 Å². The third-order valence-corrected chi connectivity index (χ3v) is 3.07. The molecule has 0 amide bonds. The average molecular weight is 214 g/mol. The van der Waals surface area contributed by atoms with Gasteiger partial charge in [-0.2, -0.15) is 0 Å². The maximum Gasteiger partial charge on any atom is 0.192 e. The van der Waals surface area contributed by atoms with Crippen LogP contribution in [-0.2, 0) is 4.74 Å². The van der Waals surface area contributed by atoms with Crippen LogP contribution in [0.25, 0.3) is 0 Å². The van der Waals surface area contributed by atoms with Crippen LogP contribution in [0, 0.1) is 0 Å². The van der Waals surface area contributed by atoms with E-state index in [0.29, 0.717) is 35.3 Å². The largest absolute Gasteiger partial charge is 0.376 e. The molecule has 1 aliphatic heterocycles. The van der Waals surface area contributed by atoms with Crippen molar-refractivity contribution in [3.63, 3.8) is 0 Å². The van der Waals surface area contributed by atoms with E-state index in [1.807, 2.05) is 0 Å². The fourth-order valence-electron chi connectivity index (χ4n) is 2.24. The number of carbonyl (C=O) groups is 2. The van der Waals surface area contributed by atoms with Gasteiger partial charge in [-0.25, -0.2) is 0 Å². The number of ether oxygens (including phenoxy) is 1. The van der Waals surface area contributed by atoms with Gasteiger partial charge in [-0.3, -0.25) is 9.59 Å². The van der Waals surface area contributed by atoms with Crippen molar-refractivity contribution in [1.82, 2.24) is 0 Å². The van der Waals surface area contributed by atoms with Crippen molar-refractivity contribution in [3.8, 4) is 0 Å². The lowest BCUT2D eigenvalue weighted by Crippen LogP contribution is -2.28. The normalized spacial score (nSPS) is 19.5. The second kappa shape index (κ2) is 3.39. The molecule has 0 atom stereocenters. The molecule has 80 valence electrons. The Balaban J connectivity index is 2.22. The lowest BCUT2D eigenvalue weighted by atomic mass is 9.82. The predicted molar refractivity (Wildman–Crippen MR) is 57.6 cm³/mol. The van der Waals surface area contributed by atoms with Crippen molar-refractivity contribution in [1.29, 1.82) is 0 Å². The molecule has 3 heteroatoms. The highest BCUT2D eigenvalue weighted by atomic mass is 16.5. The minimum Gasteiger partial charge on any atom is -0.376 e. The fraction of sp³-hybridized carbons (Fsp3) is 0.231. The second-order valence-corrected chi connectivity index (χ2v) is 3.96. The molecule has 0 saturated carbocycles. The summed E-state index contributed by atoms with van der Waals surface area (Å²) in [4.78, 5) is 24.2. The van der Waals surface area contributed by atoms with Crippen molar-refractivity contribution >= 4 is 11.6 Å². The summed E-state index contributed by atoms with van der Waals surface area (Å²) in [5.74, 6) is -0.0570. The van der Waals surface area contributed by atoms with Crippen molar-refractivity contribution in [2.24, 2.45) is 0 Å². The van der Waals surface area contributed by atoms with Gasteiger partial charge in [0.15, 0.2) is 11.6 Å². The molecule has 0 bridgehead atoms. The van der Waals surface area contributed by atoms with E-state index in [1.165, 1.54) is 0 Å². The first-order valence-electron chi connectivity index (χ1n) is 5.27. The summed E-state index contributed by atoms with van der Waals surface area (Å²) in [5.41, 5.74) is 2.25. The van der Waals surface area contributed by atoms with Gasteiger partial charge in [-0.1, -0.05) is 24.3 Å². The predicted octanol–water partition coefficient (Wildman–Crippen LogP) is 1.78. The summed E-state index contributed by atoms with van der Waals surface area (Å²) >= 11 is 0. The van der Waals surface area contributed by atoms with E-state index in [9.17, 15) is 9.59 Å². The van der Waals surface area contributed by atoms with E-state index in [4.69, 9.17) is 4.74 Å². The lowest BCUT2D eigenvalue weighted by molar-refractivity contribution is 0.0885. The van der Waals surface area contributed by atoms with Crippen LogP contribution in [0.4, 0.5) is 0 Å². The molecule has 0 fully saturated rings. The Morgan fingerprint density at radius 1 is 0.938 bits per heavy atom. The van der Waals surface area contributed by atoms with Crippen molar-refractivity contribution in [2.75, 3.05) is 13.2 Å². The van der Waals surface area contributed by atoms with Crippen LogP contribution in [0.3, 0.4) is 0 Å². The van der Waals surface area contributed by atoms with Crippen LogP contribution in [0.5, 0.6) is 0 Å². The van der Waals surface area contributed by atoms with E-state index >= 15 is 0 Å². The zero-order chi connectivity index (χ0) is 11.1. The van der Waals surface area contributed by atoms with Gasteiger partial charge in [-0.05, 0) is 0 Å². The molecule has 3 rings (SSSR count). The minimum absolute atomic E-state index is 0.00602. The number of ketones is 2. The lowest BCUT2D eigenvalue weighted by Gasteiger charge is -2.24. The van der Waals surface area contributed by atoms with Crippen LogP contribution >= 0.6 is 0 Å². The Kier molecular flexibility index (Phi) is 2.01. The molecule has 0 saturated heterocycles. The first-order chi connectivity index (χ1) is 7.79. The number of hydrogen-bond donors (Lipinski definition) is 0. The molecule has 0 unspecified atom stereocenters.